The number of phenols is 1. The van der Waals surface area contributed by atoms with Crippen molar-refractivity contribution < 1.29 is 40.8 Å². The van der Waals surface area contributed by atoms with Crippen LogP contribution in [-0.4, -0.2) is 34.8 Å². The van der Waals surface area contributed by atoms with Gasteiger partial charge in [-0.3, -0.25) is 14.5 Å². The van der Waals surface area contributed by atoms with E-state index in [2.05, 4.69) is 4.99 Å². The molecule has 1 aliphatic heterocycles. The zero-order valence-electron chi connectivity index (χ0n) is 17.9. The molecule has 0 saturated heterocycles. The van der Waals surface area contributed by atoms with E-state index < -0.39 is 5.82 Å². The number of amidine groups is 1. The van der Waals surface area contributed by atoms with Crippen LogP contribution in [0.1, 0.15) is 15.9 Å². The van der Waals surface area contributed by atoms with Gasteiger partial charge in [-0.05, 0) is 60.2 Å². The number of nitrogens with zero attached hydrogens (tertiary/aromatic N) is 2. The van der Waals surface area contributed by atoms with Gasteiger partial charge in [0.25, 0.3) is 5.91 Å². The van der Waals surface area contributed by atoms with Gasteiger partial charge < -0.3 is 26.8 Å². The molecule has 0 unspecified atom stereocenters. The number of hydrogen-bond acceptors (Lipinski definition) is 6. The average Bonchev–Trinajstić information content (AvgIpc) is 3.14. The third kappa shape index (κ3) is 5.55. The summed E-state index contributed by atoms with van der Waals surface area (Å²) in [6.45, 7) is 0. The number of ether oxygens (including phenoxy) is 1. The number of carbonyl (C=O) groups excluding carboxylic acids is 2. The second-order valence-electron chi connectivity index (χ2n) is 7.05. The van der Waals surface area contributed by atoms with E-state index in [9.17, 15) is 19.1 Å². The lowest BCUT2D eigenvalue weighted by Gasteiger charge is -2.17. The lowest BCUT2D eigenvalue weighted by molar-refractivity contribution is -0.113. The molecule has 3 aromatic carbocycles. The minimum atomic E-state index is -0.416. The summed E-state index contributed by atoms with van der Waals surface area (Å²) in [4.78, 5) is 31.7. The molecule has 1 heterocycles. The van der Waals surface area contributed by atoms with Gasteiger partial charge in [-0.25, -0.2) is 9.38 Å². The van der Waals surface area contributed by atoms with Crippen molar-refractivity contribution in [2.45, 2.75) is 0 Å². The molecular formula is C25H19BrFN2O4S-. The lowest BCUT2D eigenvalue weighted by atomic mass is 10.1. The number of benzene rings is 3. The van der Waals surface area contributed by atoms with Gasteiger partial charge in [0.05, 0.1) is 18.6 Å². The van der Waals surface area contributed by atoms with E-state index in [-0.39, 0.29) is 51.6 Å². The fraction of sp³-hybridized carbons (Fsp3) is 0.0800. The van der Waals surface area contributed by atoms with Crippen LogP contribution < -0.4 is 26.6 Å². The zero-order valence-corrected chi connectivity index (χ0v) is 20.3. The summed E-state index contributed by atoms with van der Waals surface area (Å²) in [6.07, 6.45) is 1.59. The summed E-state index contributed by atoms with van der Waals surface area (Å²) in [5.41, 5.74) is 1.81. The maximum absolute atomic E-state index is 13.2. The topological polar surface area (TPSA) is 79.2 Å². The molecule has 0 spiro atoms. The Morgan fingerprint density at radius 1 is 1.12 bits per heavy atom. The molecule has 0 atom stereocenters. The summed E-state index contributed by atoms with van der Waals surface area (Å²) >= 11 is 1.13. The van der Waals surface area contributed by atoms with Crippen molar-refractivity contribution in [3.63, 3.8) is 0 Å². The van der Waals surface area contributed by atoms with Crippen molar-refractivity contribution in [1.29, 1.82) is 0 Å². The summed E-state index contributed by atoms with van der Waals surface area (Å²) in [5.74, 6) is -0.670. The number of hydrogen-bond donors (Lipinski definition) is 1. The number of aliphatic imine (C=N–C) groups is 1. The van der Waals surface area contributed by atoms with E-state index in [4.69, 9.17) is 4.74 Å². The number of halogens is 2. The number of aromatic hydroxyl groups is 1. The molecular weight excluding hydrogens is 523 g/mol. The number of ketones is 1. The maximum atomic E-state index is 13.2. The molecule has 9 heteroatoms. The lowest BCUT2D eigenvalue weighted by Crippen LogP contribution is -3.00. The van der Waals surface area contributed by atoms with E-state index in [0.29, 0.717) is 22.0 Å². The minimum Gasteiger partial charge on any atom is -1.00 e. The molecule has 0 aromatic heterocycles. The Morgan fingerprint density at radius 3 is 2.50 bits per heavy atom. The average molecular weight is 542 g/mol. The fourth-order valence-electron chi connectivity index (χ4n) is 3.19. The first-order chi connectivity index (χ1) is 16.0. The van der Waals surface area contributed by atoms with Crippen molar-refractivity contribution in [1.82, 2.24) is 0 Å². The molecule has 6 nitrogen and oxygen atoms in total. The maximum Gasteiger partial charge on any atom is 0.283 e. The van der Waals surface area contributed by atoms with Gasteiger partial charge in [-0.2, -0.15) is 0 Å². The monoisotopic (exact) mass is 541 g/mol. The Morgan fingerprint density at radius 2 is 1.82 bits per heavy atom. The van der Waals surface area contributed by atoms with Crippen LogP contribution in [0.5, 0.6) is 11.5 Å². The second-order valence-corrected chi connectivity index (χ2v) is 7.99. The normalized spacial score (nSPS) is 14.1. The highest BCUT2D eigenvalue weighted by atomic mass is 79.9. The van der Waals surface area contributed by atoms with Crippen LogP contribution in [0.3, 0.4) is 0 Å². The first-order valence-electron chi connectivity index (χ1n) is 9.95. The molecule has 174 valence electrons. The van der Waals surface area contributed by atoms with Gasteiger partial charge >= 0.3 is 0 Å². The first-order valence-corrected chi connectivity index (χ1v) is 10.9. The molecule has 1 N–H and O–H groups in total. The van der Waals surface area contributed by atoms with Gasteiger partial charge in [-0.1, -0.05) is 36.0 Å². The fourth-order valence-corrected chi connectivity index (χ4v) is 4.10. The Balaban J connectivity index is 0.00000324. The zero-order chi connectivity index (χ0) is 23.4. The molecule has 0 saturated carbocycles. The largest absolute Gasteiger partial charge is 1.00 e. The van der Waals surface area contributed by atoms with Crippen molar-refractivity contribution in [2.24, 2.45) is 4.99 Å². The van der Waals surface area contributed by atoms with Crippen molar-refractivity contribution in [2.75, 3.05) is 17.8 Å². The molecule has 4 rings (SSSR count). The smallest absolute Gasteiger partial charge is 0.283 e. The summed E-state index contributed by atoms with van der Waals surface area (Å²) in [7, 11) is 1.44. The van der Waals surface area contributed by atoms with Crippen molar-refractivity contribution in [3.05, 3.63) is 95.4 Å². The van der Waals surface area contributed by atoms with Gasteiger partial charge in [0, 0.05) is 5.56 Å². The molecule has 0 radical (unpaired) electrons. The number of amides is 1. The number of carbonyl (C=O) groups is 2. The van der Waals surface area contributed by atoms with Crippen molar-refractivity contribution >= 4 is 40.4 Å². The van der Waals surface area contributed by atoms with Crippen LogP contribution in [0.25, 0.3) is 6.08 Å². The van der Waals surface area contributed by atoms with Gasteiger partial charge in [0.15, 0.2) is 22.4 Å². The number of anilines is 1. The molecule has 34 heavy (non-hydrogen) atoms. The number of phenolic OH excluding ortho intramolecular Hbond substituents is 1. The highest BCUT2D eigenvalue weighted by Crippen LogP contribution is 2.31. The predicted octanol–water partition coefficient (Wildman–Crippen LogP) is 1.90. The number of methoxy groups -OCH3 is 1. The summed E-state index contributed by atoms with van der Waals surface area (Å²) in [6, 6.07) is 19.1. The number of rotatable bonds is 6. The molecule has 3 aromatic rings. The van der Waals surface area contributed by atoms with E-state index in [0.717, 1.165) is 11.8 Å². The Hall–Kier alpha value is -3.43. The van der Waals surface area contributed by atoms with Crippen molar-refractivity contribution in [3.8, 4) is 11.5 Å². The van der Waals surface area contributed by atoms with Crippen LogP contribution in [0.15, 0.2) is 83.5 Å². The van der Waals surface area contributed by atoms with Gasteiger partial charge in [-0.15, -0.1) is 0 Å². The molecule has 0 aliphatic carbocycles. The van der Waals surface area contributed by atoms with Crippen LogP contribution in [0.4, 0.5) is 10.1 Å². The minimum absolute atomic E-state index is 0. The van der Waals surface area contributed by atoms with Gasteiger partial charge in [0.1, 0.15) is 11.5 Å². The number of Topliss-reactive ketones (excluding diaryl/α,β-unsaturated/α-hetero) is 1. The standard InChI is InChI=1S/C25H19FN2O4S.BrH/c1-32-23-14-16(7-12-21(23)29)13-20-24(31)28(19-5-3-2-4-6-19)25(27-20)33-15-22(30)17-8-10-18(26)11-9-17;/h2-14,29H,15H2,1H3;1H/p-1/b20-13-;. The van der Waals surface area contributed by atoms with Crippen LogP contribution in [-0.2, 0) is 4.79 Å². The van der Waals surface area contributed by atoms with Crippen LogP contribution in [0.2, 0.25) is 0 Å². The molecule has 0 bridgehead atoms. The van der Waals surface area contributed by atoms with E-state index in [1.165, 1.54) is 42.3 Å². The van der Waals surface area contributed by atoms with Gasteiger partial charge in [0.2, 0.25) is 0 Å². The van der Waals surface area contributed by atoms with E-state index in [1.54, 1.807) is 42.5 Å². The number of para-hydroxylation sites is 1. The molecule has 1 amide bonds. The Labute approximate surface area is 210 Å². The summed E-state index contributed by atoms with van der Waals surface area (Å²) < 4.78 is 18.3. The van der Waals surface area contributed by atoms with Crippen LogP contribution >= 0.6 is 11.8 Å². The third-order valence-electron chi connectivity index (χ3n) is 4.85. The quantitative estimate of drug-likeness (QED) is 0.381. The molecule has 0 fully saturated rings. The van der Waals surface area contributed by atoms with Crippen LogP contribution in [0, 0.1) is 5.82 Å². The number of thioether (sulfide) groups is 1. The third-order valence-corrected chi connectivity index (χ3v) is 5.79. The Kier molecular flexibility index (Phi) is 8.25. The summed E-state index contributed by atoms with van der Waals surface area (Å²) in [5, 5.41) is 10.2. The Bertz CT molecular complexity index is 1260. The predicted molar refractivity (Wildman–Crippen MR) is 127 cm³/mol. The molecule has 1 aliphatic rings. The first kappa shape index (κ1) is 25.2. The second kappa shape index (κ2) is 11.1. The highest BCUT2D eigenvalue weighted by molar-refractivity contribution is 8.14. The van der Waals surface area contributed by atoms with E-state index >= 15 is 0 Å². The highest BCUT2D eigenvalue weighted by Gasteiger charge is 2.32. The van der Waals surface area contributed by atoms with E-state index in [1.807, 2.05) is 6.07 Å². The SMILES string of the molecule is COc1cc(/C=C2\N=C(SCC(=O)c3ccc(F)cc3)N(c3ccccc3)C2=O)ccc1O.[Br-].